The first-order valence-electron chi connectivity index (χ1n) is 9.44. The van der Waals surface area contributed by atoms with Gasteiger partial charge >= 0.3 is 0 Å². The van der Waals surface area contributed by atoms with Crippen molar-refractivity contribution in [3.8, 4) is 11.4 Å². The molecule has 1 saturated carbocycles. The second-order valence-corrected chi connectivity index (χ2v) is 8.10. The van der Waals surface area contributed by atoms with Crippen LogP contribution in [-0.2, 0) is 10.2 Å². The molecule has 5 nitrogen and oxygen atoms in total. The van der Waals surface area contributed by atoms with Crippen LogP contribution in [0.5, 0.6) is 5.75 Å². The second kappa shape index (κ2) is 7.52. The van der Waals surface area contributed by atoms with Crippen LogP contribution in [0.4, 0.5) is 5.82 Å². The van der Waals surface area contributed by atoms with Crippen LogP contribution in [0.3, 0.4) is 0 Å². The van der Waals surface area contributed by atoms with Crippen molar-refractivity contribution in [2.24, 2.45) is 5.92 Å². The molecule has 1 amide bonds. The number of amides is 1. The van der Waals surface area contributed by atoms with Crippen molar-refractivity contribution in [1.82, 2.24) is 9.78 Å². The quantitative estimate of drug-likeness (QED) is 0.865. The summed E-state index contributed by atoms with van der Waals surface area (Å²) in [6, 6.07) is 9.70. The number of aromatic nitrogens is 2. The van der Waals surface area contributed by atoms with Crippen LogP contribution in [0.15, 0.2) is 30.3 Å². The van der Waals surface area contributed by atoms with Crippen molar-refractivity contribution in [2.45, 2.75) is 58.3 Å². The van der Waals surface area contributed by atoms with Crippen LogP contribution < -0.4 is 10.1 Å². The Morgan fingerprint density at radius 1 is 1.15 bits per heavy atom. The molecule has 0 spiro atoms. The summed E-state index contributed by atoms with van der Waals surface area (Å²) in [5.41, 5.74) is 1.76. The second-order valence-electron chi connectivity index (χ2n) is 8.10. The predicted molar refractivity (Wildman–Crippen MR) is 104 cm³/mol. The third-order valence-corrected chi connectivity index (χ3v) is 5.02. The molecule has 0 radical (unpaired) electrons. The van der Waals surface area contributed by atoms with Gasteiger partial charge in [0.15, 0.2) is 0 Å². The highest BCUT2D eigenvalue weighted by atomic mass is 16.5. The number of benzene rings is 1. The molecular formula is C21H29N3O2. The molecule has 3 rings (SSSR count). The molecule has 1 fully saturated rings. The van der Waals surface area contributed by atoms with Crippen LogP contribution in [0.25, 0.3) is 5.69 Å². The summed E-state index contributed by atoms with van der Waals surface area (Å²) in [7, 11) is 1.65. The maximum atomic E-state index is 12.7. The van der Waals surface area contributed by atoms with Gasteiger partial charge in [0.25, 0.3) is 0 Å². The Hall–Kier alpha value is -2.30. The minimum atomic E-state index is -0.0952. The summed E-state index contributed by atoms with van der Waals surface area (Å²) >= 11 is 0. The standard InChI is InChI=1S/C21H29N3O2/c1-21(2,3)18-14-19(22-20(25)15-8-6-5-7-9-15)24(23-18)16-10-12-17(26-4)13-11-16/h10-15H,5-9H2,1-4H3,(H,22,25). The van der Waals surface area contributed by atoms with Crippen LogP contribution in [0, 0.1) is 5.92 Å². The number of rotatable bonds is 4. The zero-order chi connectivity index (χ0) is 18.7. The smallest absolute Gasteiger partial charge is 0.228 e. The van der Waals surface area contributed by atoms with E-state index in [-0.39, 0.29) is 17.2 Å². The van der Waals surface area contributed by atoms with E-state index >= 15 is 0 Å². The average molecular weight is 355 g/mol. The number of methoxy groups -OCH3 is 1. The number of carbonyl (C=O) groups excluding carboxylic acids is 1. The largest absolute Gasteiger partial charge is 0.497 e. The fraction of sp³-hybridized carbons (Fsp3) is 0.524. The van der Waals surface area contributed by atoms with Gasteiger partial charge in [-0.15, -0.1) is 0 Å². The lowest BCUT2D eigenvalue weighted by Crippen LogP contribution is -2.25. The Bertz CT molecular complexity index is 751. The fourth-order valence-corrected chi connectivity index (χ4v) is 3.35. The van der Waals surface area contributed by atoms with E-state index in [0.717, 1.165) is 48.6 Å². The van der Waals surface area contributed by atoms with Crippen LogP contribution >= 0.6 is 0 Å². The van der Waals surface area contributed by atoms with Crippen molar-refractivity contribution in [1.29, 1.82) is 0 Å². The molecule has 1 N–H and O–H groups in total. The molecule has 1 aliphatic carbocycles. The fourth-order valence-electron chi connectivity index (χ4n) is 3.35. The normalized spacial score (nSPS) is 15.7. The lowest BCUT2D eigenvalue weighted by molar-refractivity contribution is -0.120. The molecular weight excluding hydrogens is 326 g/mol. The van der Waals surface area contributed by atoms with Crippen molar-refractivity contribution in [3.05, 3.63) is 36.0 Å². The van der Waals surface area contributed by atoms with Crippen molar-refractivity contribution < 1.29 is 9.53 Å². The van der Waals surface area contributed by atoms with Crippen molar-refractivity contribution in [3.63, 3.8) is 0 Å². The molecule has 0 atom stereocenters. The summed E-state index contributed by atoms with van der Waals surface area (Å²) in [6.07, 6.45) is 5.48. The van der Waals surface area contributed by atoms with E-state index in [1.807, 2.05) is 35.0 Å². The van der Waals surface area contributed by atoms with Crippen LogP contribution in [-0.4, -0.2) is 22.8 Å². The van der Waals surface area contributed by atoms with Gasteiger partial charge in [0.05, 0.1) is 18.5 Å². The SMILES string of the molecule is COc1ccc(-n2nc(C(C)(C)C)cc2NC(=O)C2CCCCC2)cc1. The average Bonchev–Trinajstić information content (AvgIpc) is 3.06. The van der Waals surface area contributed by atoms with Crippen LogP contribution in [0.2, 0.25) is 0 Å². The Balaban J connectivity index is 1.91. The van der Waals surface area contributed by atoms with E-state index in [1.165, 1.54) is 6.42 Å². The Morgan fingerprint density at radius 3 is 2.38 bits per heavy atom. The highest BCUT2D eigenvalue weighted by molar-refractivity contribution is 5.92. The van der Waals surface area contributed by atoms with E-state index in [9.17, 15) is 4.79 Å². The first-order chi connectivity index (χ1) is 12.4. The molecule has 1 aliphatic rings. The van der Waals surface area contributed by atoms with Gasteiger partial charge in [-0.3, -0.25) is 4.79 Å². The molecule has 26 heavy (non-hydrogen) atoms. The van der Waals surface area contributed by atoms with E-state index in [0.29, 0.717) is 0 Å². The van der Waals surface area contributed by atoms with Gasteiger partial charge < -0.3 is 10.1 Å². The number of hydrogen-bond acceptors (Lipinski definition) is 3. The molecule has 0 bridgehead atoms. The first-order valence-corrected chi connectivity index (χ1v) is 9.44. The zero-order valence-corrected chi connectivity index (χ0v) is 16.2. The summed E-state index contributed by atoms with van der Waals surface area (Å²) in [4.78, 5) is 12.7. The summed E-state index contributed by atoms with van der Waals surface area (Å²) in [5.74, 6) is 1.75. The summed E-state index contributed by atoms with van der Waals surface area (Å²) < 4.78 is 7.06. The lowest BCUT2D eigenvalue weighted by atomic mass is 9.88. The minimum absolute atomic E-state index is 0.0952. The Kier molecular flexibility index (Phi) is 5.35. The number of carbonyl (C=O) groups is 1. The third kappa shape index (κ3) is 4.09. The maximum Gasteiger partial charge on any atom is 0.228 e. The topological polar surface area (TPSA) is 56.1 Å². The molecule has 0 aliphatic heterocycles. The van der Waals surface area contributed by atoms with Crippen LogP contribution in [0.1, 0.15) is 58.6 Å². The van der Waals surface area contributed by atoms with E-state index in [1.54, 1.807) is 7.11 Å². The maximum absolute atomic E-state index is 12.7. The van der Waals surface area contributed by atoms with Gasteiger partial charge in [-0.2, -0.15) is 5.10 Å². The number of anilines is 1. The van der Waals surface area contributed by atoms with E-state index in [2.05, 4.69) is 26.1 Å². The number of ether oxygens (including phenoxy) is 1. The number of nitrogens with one attached hydrogen (secondary N) is 1. The van der Waals surface area contributed by atoms with Crippen molar-refractivity contribution >= 4 is 11.7 Å². The Labute approximate surface area is 155 Å². The summed E-state index contributed by atoms with van der Waals surface area (Å²) in [6.45, 7) is 6.38. The zero-order valence-electron chi connectivity index (χ0n) is 16.2. The summed E-state index contributed by atoms with van der Waals surface area (Å²) in [5, 5.41) is 7.90. The van der Waals surface area contributed by atoms with E-state index in [4.69, 9.17) is 9.84 Å². The van der Waals surface area contributed by atoms with Gasteiger partial charge in [0.2, 0.25) is 5.91 Å². The monoisotopic (exact) mass is 355 g/mol. The van der Waals surface area contributed by atoms with Gasteiger partial charge in [-0.1, -0.05) is 40.0 Å². The molecule has 140 valence electrons. The van der Waals surface area contributed by atoms with Gasteiger partial charge in [-0.05, 0) is 37.1 Å². The lowest BCUT2D eigenvalue weighted by Gasteiger charge is -2.20. The predicted octanol–water partition coefficient (Wildman–Crippen LogP) is 4.70. The molecule has 0 saturated heterocycles. The first kappa shape index (κ1) is 18.5. The number of nitrogens with zero attached hydrogens (tertiary/aromatic N) is 2. The highest BCUT2D eigenvalue weighted by Crippen LogP contribution is 2.29. The van der Waals surface area contributed by atoms with E-state index < -0.39 is 0 Å². The Morgan fingerprint density at radius 2 is 1.81 bits per heavy atom. The molecule has 1 aromatic heterocycles. The number of hydrogen-bond donors (Lipinski definition) is 1. The molecule has 5 heteroatoms. The third-order valence-electron chi connectivity index (χ3n) is 5.02. The molecule has 1 heterocycles. The molecule has 0 unspecified atom stereocenters. The van der Waals surface area contributed by atoms with Gasteiger partial charge in [0.1, 0.15) is 11.6 Å². The highest BCUT2D eigenvalue weighted by Gasteiger charge is 2.25. The molecule has 1 aromatic carbocycles. The molecule has 2 aromatic rings. The van der Waals surface area contributed by atoms with Crippen molar-refractivity contribution in [2.75, 3.05) is 12.4 Å². The van der Waals surface area contributed by atoms with Gasteiger partial charge in [0, 0.05) is 17.4 Å². The minimum Gasteiger partial charge on any atom is -0.497 e. The van der Waals surface area contributed by atoms with Gasteiger partial charge in [-0.25, -0.2) is 4.68 Å².